The molecule has 0 aromatic heterocycles. The van der Waals surface area contributed by atoms with E-state index in [4.69, 9.17) is 0 Å². The summed E-state index contributed by atoms with van der Waals surface area (Å²) >= 11 is 0. The normalized spacial score (nSPS) is 29.8. The van der Waals surface area contributed by atoms with E-state index in [1.807, 2.05) is 6.92 Å². The first-order valence-corrected chi connectivity index (χ1v) is 11.2. The van der Waals surface area contributed by atoms with Crippen LogP contribution in [0.25, 0.3) is 0 Å². The minimum atomic E-state index is -3.59. The van der Waals surface area contributed by atoms with E-state index in [9.17, 15) is 18.0 Å². The van der Waals surface area contributed by atoms with E-state index in [1.165, 1.54) is 6.42 Å². The number of rotatable bonds is 7. The Hall–Kier alpha value is -1.15. The van der Waals surface area contributed by atoms with Crippen molar-refractivity contribution < 1.29 is 18.0 Å². The van der Waals surface area contributed by atoms with Gasteiger partial charge in [-0.25, -0.2) is 12.7 Å². The summed E-state index contributed by atoms with van der Waals surface area (Å²) in [5.74, 6) is -0.638. The van der Waals surface area contributed by atoms with Gasteiger partial charge < -0.3 is 9.80 Å². The number of sulfonamides is 1. The smallest absolute Gasteiger partial charge is 0.241 e. The van der Waals surface area contributed by atoms with Crippen molar-refractivity contribution in [2.75, 3.05) is 32.4 Å². The molecule has 0 spiro atoms. The molecule has 0 aromatic carbocycles. The summed E-state index contributed by atoms with van der Waals surface area (Å²) in [5, 5.41) is 0. The van der Waals surface area contributed by atoms with Crippen LogP contribution >= 0.6 is 0 Å². The van der Waals surface area contributed by atoms with Crippen molar-refractivity contribution in [1.29, 1.82) is 0 Å². The average molecular weight is 372 g/mol. The topological polar surface area (TPSA) is 78.0 Å². The molecule has 3 fully saturated rings. The van der Waals surface area contributed by atoms with E-state index >= 15 is 0 Å². The lowest BCUT2D eigenvalue weighted by Gasteiger charge is -2.31. The molecule has 3 aliphatic rings. The van der Waals surface area contributed by atoms with Gasteiger partial charge in [0, 0.05) is 13.0 Å². The predicted molar refractivity (Wildman–Crippen MR) is 94.3 cm³/mol. The Balaban J connectivity index is 1.69. The van der Waals surface area contributed by atoms with Crippen LogP contribution < -0.4 is 0 Å². The Kier molecular flexibility index (Phi) is 5.39. The minimum Gasteiger partial charge on any atom is -0.337 e. The van der Waals surface area contributed by atoms with Gasteiger partial charge in [-0.1, -0.05) is 13.3 Å². The highest BCUT2D eigenvalue weighted by Gasteiger charge is 2.56. The Labute approximate surface area is 150 Å². The van der Waals surface area contributed by atoms with Gasteiger partial charge in [0.1, 0.15) is 0 Å². The second kappa shape index (κ2) is 7.23. The highest BCUT2D eigenvalue weighted by atomic mass is 32.2. The van der Waals surface area contributed by atoms with Crippen molar-refractivity contribution in [1.82, 2.24) is 14.1 Å². The molecule has 3 heterocycles. The zero-order valence-electron chi connectivity index (χ0n) is 15.2. The SMILES string of the molecule is CCC[C@H]1C(=O)N(S(C)(=O)=O)[C@H]2CCN(C(=O)CCCN3CCC3)[C@H]12. The molecule has 2 amide bonds. The van der Waals surface area contributed by atoms with Crippen LogP contribution in [-0.2, 0) is 19.6 Å². The van der Waals surface area contributed by atoms with E-state index < -0.39 is 10.0 Å². The zero-order valence-corrected chi connectivity index (χ0v) is 16.0. The molecule has 7 nitrogen and oxygen atoms in total. The summed E-state index contributed by atoms with van der Waals surface area (Å²) in [6.45, 7) is 5.73. The molecule has 0 aromatic rings. The number of nitrogens with zero attached hydrogens (tertiary/aromatic N) is 3. The summed E-state index contributed by atoms with van der Waals surface area (Å²) in [7, 11) is -3.59. The van der Waals surface area contributed by atoms with Gasteiger partial charge in [-0.3, -0.25) is 9.59 Å². The monoisotopic (exact) mass is 371 g/mol. The number of carbonyl (C=O) groups excluding carboxylic acids is 2. The largest absolute Gasteiger partial charge is 0.337 e. The highest BCUT2D eigenvalue weighted by molar-refractivity contribution is 7.88. The number of fused-ring (bicyclic) bond motifs is 1. The number of likely N-dealkylation sites (tertiary alicyclic amines) is 2. The Bertz CT molecular complexity index is 632. The van der Waals surface area contributed by atoms with Crippen LogP contribution in [0.1, 0.15) is 45.4 Å². The van der Waals surface area contributed by atoms with Gasteiger partial charge in [-0.15, -0.1) is 0 Å². The van der Waals surface area contributed by atoms with Gasteiger partial charge in [0.05, 0.1) is 24.3 Å². The lowest BCUT2D eigenvalue weighted by atomic mass is 9.94. The highest BCUT2D eigenvalue weighted by Crippen LogP contribution is 2.40. The molecular weight excluding hydrogens is 342 g/mol. The lowest BCUT2D eigenvalue weighted by molar-refractivity contribution is -0.134. The number of amides is 2. The van der Waals surface area contributed by atoms with Crippen molar-refractivity contribution in [3.8, 4) is 0 Å². The molecule has 0 aliphatic carbocycles. The second-order valence-electron chi connectivity index (χ2n) is 7.52. The zero-order chi connectivity index (χ0) is 18.2. The first kappa shape index (κ1) is 18.6. The molecule has 0 saturated carbocycles. The van der Waals surface area contributed by atoms with Crippen LogP contribution in [0.5, 0.6) is 0 Å². The van der Waals surface area contributed by atoms with Gasteiger partial charge in [0.25, 0.3) is 0 Å². The summed E-state index contributed by atoms with van der Waals surface area (Å²) < 4.78 is 25.3. The Morgan fingerprint density at radius 1 is 1.24 bits per heavy atom. The summed E-state index contributed by atoms with van der Waals surface area (Å²) in [6.07, 6.45) is 5.62. The van der Waals surface area contributed by atoms with Crippen LogP contribution in [0, 0.1) is 5.92 Å². The number of carbonyl (C=O) groups is 2. The summed E-state index contributed by atoms with van der Waals surface area (Å²) in [4.78, 5) is 29.5. The third-order valence-electron chi connectivity index (χ3n) is 5.76. The van der Waals surface area contributed by atoms with Gasteiger partial charge in [0.2, 0.25) is 21.8 Å². The van der Waals surface area contributed by atoms with Crippen LogP contribution in [0.15, 0.2) is 0 Å². The van der Waals surface area contributed by atoms with E-state index in [2.05, 4.69) is 4.90 Å². The summed E-state index contributed by atoms with van der Waals surface area (Å²) in [5.41, 5.74) is 0. The third kappa shape index (κ3) is 3.56. The second-order valence-corrected chi connectivity index (χ2v) is 9.38. The van der Waals surface area contributed by atoms with E-state index in [1.54, 1.807) is 4.90 Å². The standard InChI is InChI=1S/C17H29N3O4S/c1-3-6-13-16-14(20(17(13)22)25(2,23)24)8-12-19(16)15(21)7-4-9-18-10-5-11-18/h13-14,16H,3-12H2,1-2H3/t13-,14+,16-/m1/s1. The van der Waals surface area contributed by atoms with Crippen LogP contribution in [-0.4, -0.2) is 78.9 Å². The first-order valence-electron chi connectivity index (χ1n) is 9.39. The maximum Gasteiger partial charge on any atom is 0.241 e. The van der Waals surface area contributed by atoms with Crippen LogP contribution in [0.4, 0.5) is 0 Å². The average Bonchev–Trinajstić information content (AvgIpc) is 3.00. The molecule has 0 N–H and O–H groups in total. The molecule has 0 unspecified atom stereocenters. The van der Waals surface area contributed by atoms with E-state index in [-0.39, 0.29) is 29.8 Å². The fourth-order valence-corrected chi connectivity index (χ4v) is 5.71. The Morgan fingerprint density at radius 3 is 2.52 bits per heavy atom. The molecule has 25 heavy (non-hydrogen) atoms. The quantitative estimate of drug-likeness (QED) is 0.657. The molecule has 0 bridgehead atoms. The fourth-order valence-electron chi connectivity index (χ4n) is 4.52. The van der Waals surface area contributed by atoms with Crippen LogP contribution in [0.2, 0.25) is 0 Å². The maximum atomic E-state index is 12.7. The van der Waals surface area contributed by atoms with Gasteiger partial charge in [-0.05, 0) is 45.3 Å². The molecule has 142 valence electrons. The van der Waals surface area contributed by atoms with E-state index in [0.717, 1.165) is 43.0 Å². The molecule has 8 heteroatoms. The van der Waals surface area contributed by atoms with Gasteiger partial charge in [0.15, 0.2) is 0 Å². The molecule has 3 rings (SSSR count). The molecule has 0 radical (unpaired) electrons. The van der Waals surface area contributed by atoms with Gasteiger partial charge in [-0.2, -0.15) is 0 Å². The minimum absolute atomic E-state index is 0.0669. The van der Waals surface area contributed by atoms with E-state index in [0.29, 0.717) is 25.8 Å². The first-order chi connectivity index (χ1) is 11.8. The van der Waals surface area contributed by atoms with Crippen molar-refractivity contribution in [2.45, 2.75) is 57.5 Å². The van der Waals surface area contributed by atoms with Crippen LogP contribution in [0.3, 0.4) is 0 Å². The molecule has 3 atom stereocenters. The molecule has 3 aliphatic heterocycles. The van der Waals surface area contributed by atoms with Crippen molar-refractivity contribution in [3.63, 3.8) is 0 Å². The van der Waals surface area contributed by atoms with Crippen molar-refractivity contribution in [2.24, 2.45) is 5.92 Å². The number of hydrogen-bond acceptors (Lipinski definition) is 5. The molecular formula is C17H29N3O4S. The fraction of sp³-hybridized carbons (Fsp3) is 0.882. The maximum absolute atomic E-state index is 12.7. The van der Waals surface area contributed by atoms with Gasteiger partial charge >= 0.3 is 0 Å². The van der Waals surface area contributed by atoms with Crippen molar-refractivity contribution in [3.05, 3.63) is 0 Å². The Morgan fingerprint density at radius 2 is 1.96 bits per heavy atom. The predicted octanol–water partition coefficient (Wildman–Crippen LogP) is 0.660. The third-order valence-corrected chi connectivity index (χ3v) is 6.92. The van der Waals surface area contributed by atoms with Crippen molar-refractivity contribution >= 4 is 21.8 Å². The summed E-state index contributed by atoms with van der Waals surface area (Å²) in [6, 6.07) is -0.655. The molecule has 3 saturated heterocycles. The lowest BCUT2D eigenvalue weighted by Crippen LogP contribution is -2.43. The number of hydrogen-bond donors (Lipinski definition) is 0.